The molecule has 0 amide bonds. The molecule has 0 heterocycles. The van der Waals surface area contributed by atoms with Crippen LogP contribution in [0.3, 0.4) is 0 Å². The fourth-order valence-corrected chi connectivity index (χ4v) is 1.24. The van der Waals surface area contributed by atoms with Gasteiger partial charge in [0.1, 0.15) is 0 Å². The lowest BCUT2D eigenvalue weighted by atomic mass is 9.99. The summed E-state index contributed by atoms with van der Waals surface area (Å²) in [5.74, 6) is 0.147. The van der Waals surface area contributed by atoms with Gasteiger partial charge in [-0.05, 0) is 18.4 Å². The van der Waals surface area contributed by atoms with Gasteiger partial charge in [-0.15, -0.1) is 6.58 Å². The molecule has 0 spiro atoms. The van der Waals surface area contributed by atoms with E-state index in [4.69, 9.17) is 0 Å². The Hall–Kier alpha value is -1.64. The third kappa shape index (κ3) is 1.99. The first-order valence-electron chi connectivity index (χ1n) is 4.43. The van der Waals surface area contributed by atoms with E-state index >= 15 is 0 Å². The van der Waals surface area contributed by atoms with Gasteiger partial charge in [0.25, 0.3) is 5.69 Å². The highest BCUT2D eigenvalue weighted by molar-refractivity contribution is 5.44. The molecule has 1 aromatic carbocycles. The van der Waals surface area contributed by atoms with Crippen molar-refractivity contribution >= 4 is 5.69 Å². The number of aryl methyl sites for hydroxylation is 1. The molecule has 1 atom stereocenters. The Morgan fingerprint density at radius 2 is 2.21 bits per heavy atom. The molecule has 0 saturated heterocycles. The Morgan fingerprint density at radius 3 is 2.71 bits per heavy atom. The van der Waals surface area contributed by atoms with E-state index in [-0.39, 0.29) is 16.5 Å². The molecular weight excluding hydrogens is 178 g/mol. The first-order chi connectivity index (χ1) is 6.56. The molecule has 14 heavy (non-hydrogen) atoms. The second-order valence-electron chi connectivity index (χ2n) is 3.33. The van der Waals surface area contributed by atoms with Crippen LogP contribution in [-0.2, 0) is 0 Å². The molecule has 0 aliphatic heterocycles. The van der Waals surface area contributed by atoms with Crippen LogP contribution in [0.25, 0.3) is 0 Å². The first-order valence-corrected chi connectivity index (χ1v) is 4.43. The monoisotopic (exact) mass is 191 g/mol. The summed E-state index contributed by atoms with van der Waals surface area (Å²) in [4.78, 5) is 10.3. The molecule has 0 bridgehead atoms. The summed E-state index contributed by atoms with van der Waals surface area (Å²) in [5, 5.41) is 10.7. The predicted octanol–water partition coefficient (Wildman–Crippen LogP) is 3.19. The SMILES string of the molecule is C=CC(C)c1ccc(C)c([N+](=O)[O-])c1. The van der Waals surface area contributed by atoms with E-state index < -0.39 is 0 Å². The second kappa shape index (κ2) is 4.05. The Bertz CT molecular complexity index is 372. The predicted molar refractivity (Wildman–Crippen MR) is 56.4 cm³/mol. The quantitative estimate of drug-likeness (QED) is 0.418. The van der Waals surface area contributed by atoms with E-state index in [0.29, 0.717) is 5.56 Å². The van der Waals surface area contributed by atoms with Crippen LogP contribution in [0, 0.1) is 17.0 Å². The summed E-state index contributed by atoms with van der Waals surface area (Å²) >= 11 is 0. The summed E-state index contributed by atoms with van der Waals surface area (Å²) in [6.45, 7) is 7.36. The maximum absolute atomic E-state index is 10.7. The molecule has 1 aromatic rings. The van der Waals surface area contributed by atoms with Gasteiger partial charge >= 0.3 is 0 Å². The fourth-order valence-electron chi connectivity index (χ4n) is 1.24. The average molecular weight is 191 g/mol. The third-order valence-corrected chi connectivity index (χ3v) is 2.31. The van der Waals surface area contributed by atoms with Crippen molar-refractivity contribution in [3.8, 4) is 0 Å². The van der Waals surface area contributed by atoms with Crippen molar-refractivity contribution in [2.24, 2.45) is 0 Å². The Labute approximate surface area is 83.2 Å². The topological polar surface area (TPSA) is 43.1 Å². The third-order valence-electron chi connectivity index (χ3n) is 2.31. The Morgan fingerprint density at radius 1 is 1.57 bits per heavy atom. The molecule has 0 aromatic heterocycles. The van der Waals surface area contributed by atoms with Crippen molar-refractivity contribution in [3.05, 3.63) is 52.1 Å². The zero-order valence-corrected chi connectivity index (χ0v) is 8.36. The maximum Gasteiger partial charge on any atom is 0.272 e. The molecule has 3 heteroatoms. The number of rotatable bonds is 3. The number of benzene rings is 1. The summed E-state index contributed by atoms with van der Waals surface area (Å²) in [7, 11) is 0. The minimum absolute atomic E-state index is 0.147. The number of hydrogen-bond donors (Lipinski definition) is 0. The van der Waals surface area contributed by atoms with Crippen molar-refractivity contribution in [1.82, 2.24) is 0 Å². The number of nitrogens with zero attached hydrogens (tertiary/aromatic N) is 1. The zero-order valence-electron chi connectivity index (χ0n) is 8.36. The van der Waals surface area contributed by atoms with Crippen molar-refractivity contribution in [2.45, 2.75) is 19.8 Å². The molecule has 3 nitrogen and oxygen atoms in total. The van der Waals surface area contributed by atoms with Crippen LogP contribution in [0.5, 0.6) is 0 Å². The van der Waals surface area contributed by atoms with Crippen LogP contribution in [0.2, 0.25) is 0 Å². The molecule has 0 aliphatic rings. The van der Waals surface area contributed by atoms with Gasteiger partial charge in [0.2, 0.25) is 0 Å². The van der Waals surface area contributed by atoms with Gasteiger partial charge in [0.15, 0.2) is 0 Å². The molecule has 0 saturated carbocycles. The van der Waals surface area contributed by atoms with Crippen molar-refractivity contribution < 1.29 is 4.92 Å². The minimum Gasteiger partial charge on any atom is -0.258 e. The lowest BCUT2D eigenvalue weighted by Gasteiger charge is -2.06. The summed E-state index contributed by atoms with van der Waals surface area (Å²) in [5.41, 5.74) is 1.79. The number of nitro groups is 1. The van der Waals surface area contributed by atoms with Crippen LogP contribution in [0.1, 0.15) is 24.0 Å². The van der Waals surface area contributed by atoms with E-state index in [1.165, 1.54) is 0 Å². The zero-order chi connectivity index (χ0) is 10.7. The van der Waals surface area contributed by atoms with Crippen LogP contribution in [0.15, 0.2) is 30.9 Å². The Balaban J connectivity index is 3.19. The fraction of sp³-hybridized carbons (Fsp3) is 0.273. The van der Waals surface area contributed by atoms with Gasteiger partial charge in [-0.2, -0.15) is 0 Å². The molecule has 0 aliphatic carbocycles. The molecule has 0 N–H and O–H groups in total. The van der Waals surface area contributed by atoms with Crippen molar-refractivity contribution in [2.75, 3.05) is 0 Å². The summed E-state index contributed by atoms with van der Waals surface area (Å²) < 4.78 is 0. The normalized spacial score (nSPS) is 12.1. The Kier molecular flexibility index (Phi) is 3.02. The second-order valence-corrected chi connectivity index (χ2v) is 3.33. The number of hydrogen-bond acceptors (Lipinski definition) is 2. The number of allylic oxidation sites excluding steroid dienone is 1. The maximum atomic E-state index is 10.7. The molecule has 0 fully saturated rings. The molecular formula is C11H13NO2. The smallest absolute Gasteiger partial charge is 0.258 e. The lowest BCUT2D eigenvalue weighted by molar-refractivity contribution is -0.385. The largest absolute Gasteiger partial charge is 0.272 e. The van der Waals surface area contributed by atoms with Crippen molar-refractivity contribution in [3.63, 3.8) is 0 Å². The van der Waals surface area contributed by atoms with Crippen LogP contribution in [0.4, 0.5) is 5.69 Å². The van der Waals surface area contributed by atoms with Crippen LogP contribution in [-0.4, -0.2) is 4.92 Å². The van der Waals surface area contributed by atoms with Crippen LogP contribution < -0.4 is 0 Å². The van der Waals surface area contributed by atoms with E-state index in [1.807, 2.05) is 13.0 Å². The molecule has 0 radical (unpaired) electrons. The molecule has 74 valence electrons. The number of nitro benzene ring substituents is 1. The highest BCUT2D eigenvalue weighted by Crippen LogP contribution is 2.24. The molecule has 1 unspecified atom stereocenters. The van der Waals surface area contributed by atoms with Gasteiger partial charge in [-0.1, -0.05) is 25.1 Å². The van der Waals surface area contributed by atoms with Gasteiger partial charge in [0, 0.05) is 11.6 Å². The standard InChI is InChI=1S/C11H13NO2/c1-4-8(2)10-6-5-9(3)11(7-10)12(13)14/h4-8H,1H2,2-3H3. The molecule has 1 rings (SSSR count). The summed E-state index contributed by atoms with van der Waals surface area (Å²) in [6.07, 6.45) is 1.77. The van der Waals surface area contributed by atoms with E-state index in [1.54, 1.807) is 25.1 Å². The highest BCUT2D eigenvalue weighted by Gasteiger charge is 2.12. The van der Waals surface area contributed by atoms with E-state index in [2.05, 4.69) is 6.58 Å². The first kappa shape index (κ1) is 10.4. The van der Waals surface area contributed by atoms with E-state index in [0.717, 1.165) is 5.56 Å². The van der Waals surface area contributed by atoms with Crippen LogP contribution >= 0.6 is 0 Å². The van der Waals surface area contributed by atoms with Gasteiger partial charge in [-0.25, -0.2) is 0 Å². The minimum atomic E-state index is -0.353. The van der Waals surface area contributed by atoms with E-state index in [9.17, 15) is 10.1 Å². The summed E-state index contributed by atoms with van der Waals surface area (Å²) in [6, 6.07) is 5.28. The van der Waals surface area contributed by atoms with Gasteiger partial charge in [-0.3, -0.25) is 10.1 Å². The van der Waals surface area contributed by atoms with Gasteiger partial charge < -0.3 is 0 Å². The van der Waals surface area contributed by atoms with Crippen molar-refractivity contribution in [1.29, 1.82) is 0 Å². The highest BCUT2D eigenvalue weighted by atomic mass is 16.6. The lowest BCUT2D eigenvalue weighted by Crippen LogP contribution is -1.95. The average Bonchev–Trinajstić information content (AvgIpc) is 2.17. The van der Waals surface area contributed by atoms with Gasteiger partial charge in [0.05, 0.1) is 4.92 Å².